The van der Waals surface area contributed by atoms with Crippen LogP contribution >= 0.6 is 11.6 Å². The first-order valence-electron chi connectivity index (χ1n) is 10.1. The van der Waals surface area contributed by atoms with E-state index in [9.17, 15) is 4.79 Å². The first-order chi connectivity index (χ1) is 16.1. The summed E-state index contributed by atoms with van der Waals surface area (Å²) >= 11 is 5.98. The molecule has 0 fully saturated rings. The molecule has 0 radical (unpaired) electrons. The van der Waals surface area contributed by atoms with Gasteiger partial charge < -0.3 is 14.0 Å². The van der Waals surface area contributed by atoms with Gasteiger partial charge in [0, 0.05) is 33.6 Å². The van der Waals surface area contributed by atoms with Crippen molar-refractivity contribution in [1.82, 2.24) is 14.7 Å². The number of rotatable bonds is 5. The maximum absolute atomic E-state index is 13.3. The van der Waals surface area contributed by atoms with E-state index in [4.69, 9.17) is 25.6 Å². The molecule has 0 amide bonds. The fourth-order valence-corrected chi connectivity index (χ4v) is 3.80. The Morgan fingerprint density at radius 3 is 2.36 bits per heavy atom. The first-order valence-corrected chi connectivity index (χ1v) is 10.4. The second-order valence-electron chi connectivity index (χ2n) is 7.23. The van der Waals surface area contributed by atoms with Crippen LogP contribution < -0.4 is 15.0 Å². The predicted octanol–water partition coefficient (Wildman–Crippen LogP) is 5.38. The molecular weight excluding hydrogens is 442 g/mol. The molecule has 0 aliphatic carbocycles. The smallest absolute Gasteiger partial charge is 0.262 e. The molecule has 2 aromatic heterocycles. The van der Waals surface area contributed by atoms with E-state index in [0.717, 1.165) is 5.56 Å². The van der Waals surface area contributed by atoms with E-state index < -0.39 is 0 Å². The molecule has 0 atom stereocenters. The summed E-state index contributed by atoms with van der Waals surface area (Å²) in [5, 5.41) is 5.98. The van der Waals surface area contributed by atoms with Crippen molar-refractivity contribution >= 4 is 22.4 Å². The second-order valence-corrected chi connectivity index (χ2v) is 7.67. The average Bonchev–Trinajstić information content (AvgIpc) is 3.34. The molecule has 0 N–H and O–H groups in total. The van der Waals surface area contributed by atoms with Crippen molar-refractivity contribution in [2.45, 2.75) is 0 Å². The van der Waals surface area contributed by atoms with Crippen LogP contribution in [0.1, 0.15) is 0 Å². The minimum Gasteiger partial charge on any atom is -0.493 e. The van der Waals surface area contributed by atoms with E-state index in [1.165, 1.54) is 4.57 Å². The Labute approximate surface area is 193 Å². The quantitative estimate of drug-likeness (QED) is 0.351. The van der Waals surface area contributed by atoms with Crippen molar-refractivity contribution in [3.05, 3.63) is 88.3 Å². The van der Waals surface area contributed by atoms with Crippen LogP contribution in [0.5, 0.6) is 11.5 Å². The molecule has 33 heavy (non-hydrogen) atoms. The number of benzene rings is 3. The van der Waals surface area contributed by atoms with Crippen molar-refractivity contribution in [1.29, 1.82) is 0 Å². The monoisotopic (exact) mass is 459 g/mol. The molecule has 0 bridgehead atoms. The summed E-state index contributed by atoms with van der Waals surface area (Å²) in [5.74, 6) is 1.80. The summed E-state index contributed by atoms with van der Waals surface area (Å²) in [5.41, 5.74) is 1.83. The lowest BCUT2D eigenvalue weighted by Gasteiger charge is -2.13. The number of pyridine rings is 1. The molecule has 0 aliphatic heterocycles. The van der Waals surface area contributed by atoms with Gasteiger partial charge in [0.15, 0.2) is 11.5 Å². The Hall–Kier alpha value is -4.10. The molecule has 0 aliphatic rings. The molecule has 3 aromatic carbocycles. The average molecular weight is 460 g/mol. The molecule has 2 heterocycles. The SMILES string of the molecule is COc1ccc(-n2cc(-c3nc(-c4ccc(Cl)cc4)no3)c3ccccc3c2=O)cc1OC. The van der Waals surface area contributed by atoms with Gasteiger partial charge in [-0.25, -0.2) is 0 Å². The Kier molecular flexibility index (Phi) is 5.32. The van der Waals surface area contributed by atoms with E-state index in [2.05, 4.69) is 10.1 Å². The number of hydrogen-bond donors (Lipinski definition) is 0. The zero-order chi connectivity index (χ0) is 22.9. The number of aromatic nitrogens is 3. The number of nitrogens with zero attached hydrogens (tertiary/aromatic N) is 3. The predicted molar refractivity (Wildman–Crippen MR) is 126 cm³/mol. The summed E-state index contributed by atoms with van der Waals surface area (Å²) in [6, 6.07) is 19.8. The van der Waals surface area contributed by atoms with Crippen molar-refractivity contribution < 1.29 is 14.0 Å². The molecule has 8 heteroatoms. The molecule has 164 valence electrons. The highest BCUT2D eigenvalue weighted by Crippen LogP contribution is 2.32. The van der Waals surface area contributed by atoms with Crippen LogP contribution in [-0.4, -0.2) is 28.9 Å². The van der Waals surface area contributed by atoms with Crippen LogP contribution in [0, 0.1) is 0 Å². The largest absolute Gasteiger partial charge is 0.493 e. The van der Waals surface area contributed by atoms with Crippen LogP contribution in [0.3, 0.4) is 0 Å². The first kappa shape index (κ1) is 20.8. The Bertz CT molecular complexity index is 1520. The Balaban J connectivity index is 1.70. The van der Waals surface area contributed by atoms with Gasteiger partial charge >= 0.3 is 0 Å². The van der Waals surface area contributed by atoms with E-state index >= 15 is 0 Å². The lowest BCUT2D eigenvalue weighted by Crippen LogP contribution is -2.18. The molecule has 0 saturated carbocycles. The van der Waals surface area contributed by atoms with Gasteiger partial charge in [-0.05, 0) is 42.5 Å². The molecule has 5 rings (SSSR count). The van der Waals surface area contributed by atoms with E-state index in [1.54, 1.807) is 56.8 Å². The third kappa shape index (κ3) is 3.72. The molecule has 7 nitrogen and oxygen atoms in total. The van der Waals surface area contributed by atoms with Gasteiger partial charge in [0.25, 0.3) is 11.4 Å². The van der Waals surface area contributed by atoms with Gasteiger partial charge in [0.05, 0.1) is 25.5 Å². The van der Waals surface area contributed by atoms with Crippen LogP contribution in [0.25, 0.3) is 39.3 Å². The van der Waals surface area contributed by atoms with Crippen molar-refractivity contribution in [3.63, 3.8) is 0 Å². The topological polar surface area (TPSA) is 79.4 Å². The van der Waals surface area contributed by atoms with Crippen LogP contribution in [-0.2, 0) is 0 Å². The highest BCUT2D eigenvalue weighted by atomic mass is 35.5. The van der Waals surface area contributed by atoms with Crippen LogP contribution in [0.2, 0.25) is 5.02 Å². The minimum atomic E-state index is -0.181. The number of ether oxygens (including phenoxy) is 2. The molecule has 0 unspecified atom stereocenters. The minimum absolute atomic E-state index is 0.181. The van der Waals surface area contributed by atoms with E-state index in [-0.39, 0.29) is 5.56 Å². The fourth-order valence-electron chi connectivity index (χ4n) is 3.68. The van der Waals surface area contributed by atoms with Gasteiger partial charge in [-0.3, -0.25) is 9.36 Å². The highest BCUT2D eigenvalue weighted by Gasteiger charge is 2.18. The summed E-state index contributed by atoms with van der Waals surface area (Å²) in [4.78, 5) is 17.9. The normalized spacial score (nSPS) is 11.0. The number of fused-ring (bicyclic) bond motifs is 1. The number of methoxy groups -OCH3 is 2. The summed E-state index contributed by atoms with van der Waals surface area (Å²) in [6.07, 6.45) is 1.70. The molecule has 5 aromatic rings. The van der Waals surface area contributed by atoms with Crippen LogP contribution in [0.4, 0.5) is 0 Å². The standard InChI is InChI=1S/C25H18ClN3O4/c1-31-21-12-11-17(13-22(21)32-2)29-14-20(18-5-3-4-6-19(18)25(29)30)24-27-23(28-33-24)15-7-9-16(26)10-8-15/h3-14H,1-2H3. The third-order valence-corrected chi connectivity index (χ3v) is 5.58. The third-order valence-electron chi connectivity index (χ3n) is 5.33. The highest BCUT2D eigenvalue weighted by molar-refractivity contribution is 6.30. The Morgan fingerprint density at radius 1 is 0.909 bits per heavy atom. The zero-order valence-corrected chi connectivity index (χ0v) is 18.5. The van der Waals surface area contributed by atoms with Gasteiger partial charge in [-0.1, -0.05) is 35.0 Å². The summed E-state index contributed by atoms with van der Waals surface area (Å²) in [6.45, 7) is 0. The van der Waals surface area contributed by atoms with E-state index in [0.29, 0.717) is 50.3 Å². The maximum atomic E-state index is 13.3. The van der Waals surface area contributed by atoms with Crippen molar-refractivity contribution in [2.24, 2.45) is 0 Å². The zero-order valence-electron chi connectivity index (χ0n) is 17.8. The molecule has 0 spiro atoms. The summed E-state index contributed by atoms with van der Waals surface area (Å²) in [7, 11) is 3.11. The van der Waals surface area contributed by atoms with E-state index in [1.807, 2.05) is 30.3 Å². The second kappa shape index (κ2) is 8.44. The maximum Gasteiger partial charge on any atom is 0.262 e. The van der Waals surface area contributed by atoms with Crippen LogP contribution in [0.15, 0.2) is 82.2 Å². The van der Waals surface area contributed by atoms with Crippen molar-refractivity contribution in [3.8, 4) is 40.0 Å². The summed E-state index contributed by atoms with van der Waals surface area (Å²) < 4.78 is 17.9. The van der Waals surface area contributed by atoms with Crippen molar-refractivity contribution in [2.75, 3.05) is 14.2 Å². The number of hydrogen-bond acceptors (Lipinski definition) is 6. The van der Waals surface area contributed by atoms with Gasteiger partial charge in [-0.15, -0.1) is 0 Å². The Morgan fingerprint density at radius 2 is 1.64 bits per heavy atom. The lowest BCUT2D eigenvalue weighted by atomic mass is 10.1. The van der Waals surface area contributed by atoms with Gasteiger partial charge in [-0.2, -0.15) is 4.98 Å². The number of halogens is 1. The molecular formula is C25H18ClN3O4. The molecule has 0 saturated heterocycles. The fraction of sp³-hybridized carbons (Fsp3) is 0.0800. The van der Waals surface area contributed by atoms with Gasteiger partial charge in [0.2, 0.25) is 5.82 Å². The van der Waals surface area contributed by atoms with Gasteiger partial charge in [0.1, 0.15) is 0 Å². The lowest BCUT2D eigenvalue weighted by molar-refractivity contribution is 0.355.